The second-order valence-corrected chi connectivity index (χ2v) is 6.26. The van der Waals surface area contributed by atoms with Crippen LogP contribution in [0.4, 0.5) is 0 Å². The van der Waals surface area contributed by atoms with Crippen LogP contribution in [0.1, 0.15) is 6.92 Å². The van der Waals surface area contributed by atoms with Gasteiger partial charge < -0.3 is 4.74 Å². The van der Waals surface area contributed by atoms with Gasteiger partial charge in [0.05, 0.1) is 6.26 Å². The zero-order chi connectivity index (χ0) is 12.2. The molecule has 0 aromatic heterocycles. The lowest BCUT2D eigenvalue weighted by Gasteiger charge is -2.14. The van der Waals surface area contributed by atoms with Crippen LogP contribution >= 0.6 is 15.9 Å². The Balaban J connectivity index is 2.49. The minimum absolute atomic E-state index is 0.218. The molecule has 0 fully saturated rings. The van der Waals surface area contributed by atoms with Gasteiger partial charge in [-0.05, 0) is 25.1 Å². The minimum Gasteiger partial charge on any atom is -0.489 e. The molecule has 0 heterocycles. The first kappa shape index (κ1) is 13.5. The molecule has 0 spiro atoms. The molecule has 1 N–H and O–H groups in total. The Kier molecular flexibility index (Phi) is 4.76. The van der Waals surface area contributed by atoms with Crippen LogP contribution in [0, 0.1) is 0 Å². The van der Waals surface area contributed by atoms with Crippen LogP contribution < -0.4 is 9.46 Å². The largest absolute Gasteiger partial charge is 0.489 e. The van der Waals surface area contributed by atoms with Gasteiger partial charge in [0.2, 0.25) is 10.0 Å². The van der Waals surface area contributed by atoms with E-state index in [9.17, 15) is 8.42 Å². The third-order valence-corrected chi connectivity index (χ3v) is 2.95. The van der Waals surface area contributed by atoms with E-state index in [1.807, 2.05) is 24.3 Å². The van der Waals surface area contributed by atoms with Crippen molar-refractivity contribution in [3.8, 4) is 5.75 Å². The molecule has 90 valence electrons. The lowest BCUT2D eigenvalue weighted by molar-refractivity contribution is 0.225. The summed E-state index contributed by atoms with van der Waals surface area (Å²) in [6.07, 6.45) is 0.905. The monoisotopic (exact) mass is 307 g/mol. The molecule has 0 aliphatic rings. The predicted octanol–water partition coefficient (Wildman–Crippen LogP) is 1.77. The van der Waals surface area contributed by atoms with Gasteiger partial charge in [-0.2, -0.15) is 0 Å². The maximum atomic E-state index is 10.9. The Morgan fingerprint density at radius 1 is 1.50 bits per heavy atom. The third kappa shape index (κ3) is 5.48. The molecule has 0 saturated heterocycles. The summed E-state index contributed by atoms with van der Waals surface area (Å²) in [7, 11) is -3.16. The molecule has 0 radical (unpaired) electrons. The fourth-order valence-corrected chi connectivity index (χ4v) is 2.00. The van der Waals surface area contributed by atoms with Crippen LogP contribution in [0.25, 0.3) is 0 Å². The number of ether oxygens (including phenoxy) is 1. The fourth-order valence-electron chi connectivity index (χ4n) is 1.08. The number of sulfonamides is 1. The van der Waals surface area contributed by atoms with Crippen LogP contribution in [0.3, 0.4) is 0 Å². The highest BCUT2D eigenvalue weighted by Crippen LogP contribution is 2.18. The normalized spacial score (nSPS) is 13.4. The van der Waals surface area contributed by atoms with E-state index < -0.39 is 10.0 Å². The lowest BCUT2D eigenvalue weighted by Crippen LogP contribution is -2.32. The van der Waals surface area contributed by atoms with Crippen molar-refractivity contribution in [2.75, 3.05) is 12.8 Å². The summed E-state index contributed by atoms with van der Waals surface area (Å²) in [5.74, 6) is 0.706. The van der Waals surface area contributed by atoms with E-state index in [0.717, 1.165) is 10.7 Å². The van der Waals surface area contributed by atoms with Gasteiger partial charge in [-0.15, -0.1) is 0 Å². The smallest absolute Gasteiger partial charge is 0.208 e. The van der Waals surface area contributed by atoms with Crippen molar-refractivity contribution < 1.29 is 13.2 Å². The zero-order valence-corrected chi connectivity index (χ0v) is 11.5. The number of halogens is 1. The van der Waals surface area contributed by atoms with Crippen molar-refractivity contribution in [1.29, 1.82) is 0 Å². The Morgan fingerprint density at radius 3 is 2.75 bits per heavy atom. The maximum Gasteiger partial charge on any atom is 0.208 e. The number of benzene rings is 1. The molecular formula is C10H14BrNO3S. The van der Waals surface area contributed by atoms with Gasteiger partial charge in [0, 0.05) is 11.0 Å². The standard InChI is InChI=1S/C10H14BrNO3S/c1-8(7-12-16(2,13)14)15-10-5-3-4-9(11)6-10/h3-6,8,12H,7H2,1-2H3/t8-/m0/s1. The van der Waals surface area contributed by atoms with E-state index in [1.165, 1.54) is 0 Å². The quantitative estimate of drug-likeness (QED) is 0.902. The van der Waals surface area contributed by atoms with E-state index in [0.29, 0.717) is 5.75 Å². The van der Waals surface area contributed by atoms with Gasteiger partial charge in [0.1, 0.15) is 11.9 Å². The van der Waals surface area contributed by atoms with Gasteiger partial charge in [-0.3, -0.25) is 0 Å². The predicted molar refractivity (Wildman–Crippen MR) is 67.1 cm³/mol. The zero-order valence-electron chi connectivity index (χ0n) is 9.10. The number of hydrogen-bond donors (Lipinski definition) is 1. The molecule has 4 nitrogen and oxygen atoms in total. The molecule has 16 heavy (non-hydrogen) atoms. The van der Waals surface area contributed by atoms with E-state index in [4.69, 9.17) is 4.74 Å². The summed E-state index contributed by atoms with van der Waals surface area (Å²) in [4.78, 5) is 0. The van der Waals surface area contributed by atoms with Crippen LogP contribution in [-0.2, 0) is 10.0 Å². The molecule has 1 aromatic rings. The van der Waals surface area contributed by atoms with Crippen LogP contribution in [0.15, 0.2) is 28.7 Å². The average molecular weight is 308 g/mol. The van der Waals surface area contributed by atoms with Crippen molar-refractivity contribution >= 4 is 26.0 Å². The Bertz CT molecular complexity index is 447. The van der Waals surface area contributed by atoms with Gasteiger partial charge in [0.15, 0.2) is 0 Å². The summed E-state index contributed by atoms with van der Waals surface area (Å²) in [6.45, 7) is 2.06. The molecule has 0 amide bonds. The van der Waals surface area contributed by atoms with E-state index >= 15 is 0 Å². The van der Waals surface area contributed by atoms with E-state index in [-0.39, 0.29) is 12.6 Å². The maximum absolute atomic E-state index is 10.9. The highest BCUT2D eigenvalue weighted by atomic mass is 79.9. The highest BCUT2D eigenvalue weighted by molar-refractivity contribution is 9.10. The first-order valence-corrected chi connectivity index (χ1v) is 7.42. The molecular weight excluding hydrogens is 294 g/mol. The van der Waals surface area contributed by atoms with Crippen LogP contribution in [0.5, 0.6) is 5.75 Å². The molecule has 0 unspecified atom stereocenters. The van der Waals surface area contributed by atoms with Gasteiger partial charge in [-0.25, -0.2) is 13.1 Å². The van der Waals surface area contributed by atoms with Crippen LogP contribution in [-0.4, -0.2) is 27.3 Å². The summed E-state index contributed by atoms with van der Waals surface area (Å²) >= 11 is 3.33. The van der Waals surface area contributed by atoms with Gasteiger partial charge in [-0.1, -0.05) is 22.0 Å². The second kappa shape index (κ2) is 5.65. The molecule has 0 aliphatic heterocycles. The summed E-state index contributed by atoms with van der Waals surface area (Å²) < 4.78 is 30.6. The fraction of sp³-hybridized carbons (Fsp3) is 0.400. The summed E-state index contributed by atoms with van der Waals surface area (Å²) in [5.41, 5.74) is 0. The summed E-state index contributed by atoms with van der Waals surface area (Å²) in [5, 5.41) is 0. The van der Waals surface area contributed by atoms with Crippen LogP contribution in [0.2, 0.25) is 0 Å². The van der Waals surface area contributed by atoms with Crippen molar-refractivity contribution in [3.63, 3.8) is 0 Å². The molecule has 1 rings (SSSR count). The highest BCUT2D eigenvalue weighted by Gasteiger charge is 2.07. The van der Waals surface area contributed by atoms with Gasteiger partial charge >= 0.3 is 0 Å². The molecule has 1 aromatic carbocycles. The van der Waals surface area contributed by atoms with Crippen molar-refractivity contribution in [2.24, 2.45) is 0 Å². The molecule has 6 heteroatoms. The topological polar surface area (TPSA) is 55.4 Å². The van der Waals surface area contributed by atoms with E-state index in [2.05, 4.69) is 20.7 Å². The number of hydrogen-bond acceptors (Lipinski definition) is 3. The first-order chi connectivity index (χ1) is 7.37. The molecule has 1 atom stereocenters. The second-order valence-electron chi connectivity index (χ2n) is 3.51. The molecule has 0 saturated carbocycles. The van der Waals surface area contributed by atoms with E-state index in [1.54, 1.807) is 6.92 Å². The van der Waals surface area contributed by atoms with Crippen molar-refractivity contribution in [3.05, 3.63) is 28.7 Å². The number of nitrogens with one attached hydrogen (secondary N) is 1. The Labute approximate surface area is 104 Å². The minimum atomic E-state index is -3.16. The lowest BCUT2D eigenvalue weighted by atomic mass is 10.3. The molecule has 0 aliphatic carbocycles. The first-order valence-electron chi connectivity index (χ1n) is 4.74. The SMILES string of the molecule is C[C@@H](CNS(C)(=O)=O)Oc1cccc(Br)c1. The number of rotatable bonds is 5. The Morgan fingerprint density at radius 2 is 2.19 bits per heavy atom. The molecule has 0 bridgehead atoms. The van der Waals surface area contributed by atoms with Crippen molar-refractivity contribution in [1.82, 2.24) is 4.72 Å². The van der Waals surface area contributed by atoms with Gasteiger partial charge in [0.25, 0.3) is 0 Å². The summed E-state index contributed by atoms with van der Waals surface area (Å²) in [6, 6.07) is 7.40. The average Bonchev–Trinajstić information content (AvgIpc) is 2.14. The third-order valence-electron chi connectivity index (χ3n) is 1.77. The van der Waals surface area contributed by atoms with Crippen molar-refractivity contribution in [2.45, 2.75) is 13.0 Å². The Hall–Kier alpha value is -0.590.